The summed E-state index contributed by atoms with van der Waals surface area (Å²) in [5, 5.41) is 0.416. The molecule has 2 aromatic carbocycles. The van der Waals surface area contributed by atoms with E-state index in [1.807, 2.05) is 0 Å². The molecule has 104 valence electrons. The van der Waals surface area contributed by atoms with Crippen molar-refractivity contribution in [2.45, 2.75) is 4.90 Å². The van der Waals surface area contributed by atoms with Crippen molar-refractivity contribution < 1.29 is 12.8 Å². The fourth-order valence-electron chi connectivity index (χ4n) is 1.46. The first-order chi connectivity index (χ1) is 9.38. The van der Waals surface area contributed by atoms with E-state index >= 15 is 0 Å². The van der Waals surface area contributed by atoms with E-state index in [1.165, 1.54) is 48.5 Å². The zero-order valence-corrected chi connectivity index (χ0v) is 11.7. The minimum absolute atomic E-state index is 0.0213. The van der Waals surface area contributed by atoms with Crippen LogP contribution in [-0.2, 0) is 10.0 Å². The number of benzene rings is 2. The maximum absolute atomic E-state index is 12.8. The van der Waals surface area contributed by atoms with Crippen LogP contribution in [0.1, 0.15) is 5.56 Å². The highest BCUT2D eigenvalue weighted by molar-refractivity contribution is 7.90. The molecule has 0 saturated heterocycles. The fourth-order valence-corrected chi connectivity index (χ4v) is 2.54. The van der Waals surface area contributed by atoms with Gasteiger partial charge >= 0.3 is 0 Å². The minimum atomic E-state index is -3.92. The summed E-state index contributed by atoms with van der Waals surface area (Å²) < 4.78 is 40.3. The van der Waals surface area contributed by atoms with Crippen molar-refractivity contribution in [3.63, 3.8) is 0 Å². The van der Waals surface area contributed by atoms with Gasteiger partial charge < -0.3 is 5.73 Å². The average Bonchev–Trinajstić information content (AvgIpc) is 2.39. The Labute approximate surface area is 120 Å². The zero-order valence-electron chi connectivity index (χ0n) is 10.1. The van der Waals surface area contributed by atoms with Crippen molar-refractivity contribution in [1.82, 2.24) is 0 Å². The molecule has 0 saturated carbocycles. The van der Waals surface area contributed by atoms with Crippen LogP contribution in [-0.4, -0.2) is 14.3 Å². The lowest BCUT2D eigenvalue weighted by Crippen LogP contribution is -2.16. The largest absolute Gasteiger partial charge is 0.383 e. The van der Waals surface area contributed by atoms with Gasteiger partial charge in [0, 0.05) is 10.6 Å². The summed E-state index contributed by atoms with van der Waals surface area (Å²) in [4.78, 5) is -0.0213. The topological polar surface area (TPSA) is 72.5 Å². The molecule has 0 fully saturated rings. The van der Waals surface area contributed by atoms with E-state index in [9.17, 15) is 12.8 Å². The Balaban J connectivity index is 2.37. The average molecular weight is 313 g/mol. The van der Waals surface area contributed by atoms with Crippen molar-refractivity contribution in [2.75, 3.05) is 0 Å². The highest BCUT2D eigenvalue weighted by Gasteiger charge is 2.14. The maximum atomic E-state index is 12.8. The Morgan fingerprint density at radius 3 is 2.15 bits per heavy atom. The minimum Gasteiger partial charge on any atom is -0.383 e. The van der Waals surface area contributed by atoms with E-state index < -0.39 is 15.8 Å². The molecule has 2 aromatic rings. The highest BCUT2D eigenvalue weighted by Crippen LogP contribution is 2.16. The van der Waals surface area contributed by atoms with E-state index in [0.717, 1.165) is 0 Å². The molecule has 0 heterocycles. The number of amidine groups is 1. The molecule has 7 heteroatoms. The fraction of sp³-hybridized carbons (Fsp3) is 0. The van der Waals surface area contributed by atoms with E-state index in [4.69, 9.17) is 17.3 Å². The third-order valence-electron chi connectivity index (χ3n) is 2.47. The van der Waals surface area contributed by atoms with Gasteiger partial charge in [-0.2, -0.15) is 8.42 Å². The van der Waals surface area contributed by atoms with Gasteiger partial charge in [0.25, 0.3) is 10.0 Å². The molecule has 0 aliphatic rings. The van der Waals surface area contributed by atoms with Gasteiger partial charge in [-0.25, -0.2) is 4.39 Å². The summed E-state index contributed by atoms with van der Waals surface area (Å²) in [6, 6.07) is 10.6. The SMILES string of the molecule is NC(=NS(=O)(=O)c1ccc(Cl)cc1)c1ccc(F)cc1. The van der Waals surface area contributed by atoms with Crippen LogP contribution >= 0.6 is 11.6 Å². The second-order valence-electron chi connectivity index (χ2n) is 3.91. The molecule has 0 atom stereocenters. The molecule has 0 spiro atoms. The maximum Gasteiger partial charge on any atom is 0.284 e. The zero-order chi connectivity index (χ0) is 14.8. The molecule has 0 amide bonds. The molecule has 2 rings (SSSR count). The standard InChI is InChI=1S/C13H10ClFN2O2S/c14-10-3-7-12(8-4-10)20(18,19)17-13(16)9-1-5-11(15)6-2-9/h1-8H,(H2,16,17). The van der Waals surface area contributed by atoms with Crippen molar-refractivity contribution in [3.05, 3.63) is 64.9 Å². The monoisotopic (exact) mass is 312 g/mol. The van der Waals surface area contributed by atoms with E-state index in [1.54, 1.807) is 0 Å². The third-order valence-corrected chi connectivity index (χ3v) is 4.03. The molecule has 0 unspecified atom stereocenters. The van der Waals surface area contributed by atoms with Crippen LogP contribution in [0.4, 0.5) is 4.39 Å². The lowest BCUT2D eigenvalue weighted by atomic mass is 10.2. The number of hydrogen-bond donors (Lipinski definition) is 1. The number of hydrogen-bond acceptors (Lipinski definition) is 2. The van der Waals surface area contributed by atoms with Gasteiger partial charge in [-0.15, -0.1) is 4.40 Å². The van der Waals surface area contributed by atoms with Crippen molar-refractivity contribution in [2.24, 2.45) is 10.1 Å². The summed E-state index contributed by atoms with van der Waals surface area (Å²) in [7, 11) is -3.92. The number of nitrogens with zero attached hydrogens (tertiary/aromatic N) is 1. The second kappa shape index (κ2) is 5.60. The van der Waals surface area contributed by atoms with Crippen molar-refractivity contribution >= 4 is 27.5 Å². The van der Waals surface area contributed by atoms with Crippen molar-refractivity contribution in [3.8, 4) is 0 Å². The molecule has 0 bridgehead atoms. The molecule has 2 N–H and O–H groups in total. The van der Waals surface area contributed by atoms with Crippen LogP contribution in [0.5, 0.6) is 0 Å². The number of rotatable bonds is 3. The third kappa shape index (κ3) is 3.34. The Bertz CT molecular complexity index is 741. The van der Waals surface area contributed by atoms with Gasteiger partial charge in [-0.1, -0.05) is 11.6 Å². The molecule has 0 aliphatic heterocycles. The Hall–Kier alpha value is -1.92. The van der Waals surface area contributed by atoms with Gasteiger partial charge in [0.15, 0.2) is 0 Å². The molecular weight excluding hydrogens is 303 g/mol. The van der Waals surface area contributed by atoms with Crippen LogP contribution in [0.25, 0.3) is 0 Å². The molecule has 0 aliphatic carbocycles. The molecule has 0 aromatic heterocycles. The van der Waals surface area contributed by atoms with Gasteiger partial charge in [0.1, 0.15) is 11.7 Å². The number of halogens is 2. The predicted octanol–water partition coefficient (Wildman–Crippen LogP) is 2.57. The Morgan fingerprint density at radius 2 is 1.60 bits per heavy atom. The number of sulfonamides is 1. The lowest BCUT2D eigenvalue weighted by Gasteiger charge is -2.02. The normalized spacial score (nSPS) is 12.4. The first-order valence-electron chi connectivity index (χ1n) is 5.50. The Morgan fingerprint density at radius 1 is 1.05 bits per heavy atom. The first kappa shape index (κ1) is 14.5. The quantitative estimate of drug-likeness (QED) is 0.699. The molecule has 4 nitrogen and oxygen atoms in total. The molecule has 20 heavy (non-hydrogen) atoms. The first-order valence-corrected chi connectivity index (χ1v) is 7.32. The van der Waals surface area contributed by atoms with Crippen LogP contribution < -0.4 is 5.73 Å². The highest BCUT2D eigenvalue weighted by atomic mass is 35.5. The molecule has 0 radical (unpaired) electrons. The Kier molecular flexibility index (Phi) is 4.06. The van der Waals surface area contributed by atoms with E-state index in [0.29, 0.717) is 10.6 Å². The predicted molar refractivity (Wildman–Crippen MR) is 75.8 cm³/mol. The summed E-state index contributed by atoms with van der Waals surface area (Å²) in [6.45, 7) is 0. The molecular formula is C13H10ClFN2O2S. The van der Waals surface area contributed by atoms with Crippen LogP contribution in [0.3, 0.4) is 0 Å². The van der Waals surface area contributed by atoms with Crippen LogP contribution in [0, 0.1) is 5.82 Å². The van der Waals surface area contributed by atoms with E-state index in [2.05, 4.69) is 4.40 Å². The van der Waals surface area contributed by atoms with Crippen LogP contribution in [0.15, 0.2) is 57.8 Å². The smallest absolute Gasteiger partial charge is 0.284 e. The van der Waals surface area contributed by atoms with Gasteiger partial charge in [0.05, 0.1) is 4.90 Å². The van der Waals surface area contributed by atoms with Gasteiger partial charge in [0.2, 0.25) is 0 Å². The van der Waals surface area contributed by atoms with Crippen LogP contribution in [0.2, 0.25) is 5.02 Å². The summed E-state index contributed by atoms with van der Waals surface area (Å²) >= 11 is 5.69. The summed E-state index contributed by atoms with van der Waals surface area (Å²) in [5.41, 5.74) is 5.94. The van der Waals surface area contributed by atoms with Crippen molar-refractivity contribution in [1.29, 1.82) is 0 Å². The number of nitrogens with two attached hydrogens (primary N) is 1. The van der Waals surface area contributed by atoms with Gasteiger partial charge in [-0.3, -0.25) is 0 Å². The second-order valence-corrected chi connectivity index (χ2v) is 5.95. The van der Waals surface area contributed by atoms with E-state index in [-0.39, 0.29) is 10.7 Å². The lowest BCUT2D eigenvalue weighted by molar-refractivity contribution is 0.598. The summed E-state index contributed by atoms with van der Waals surface area (Å²) in [6.07, 6.45) is 0. The summed E-state index contributed by atoms with van der Waals surface area (Å²) in [5.74, 6) is -0.651. The van der Waals surface area contributed by atoms with Gasteiger partial charge in [-0.05, 0) is 48.5 Å².